The maximum absolute atomic E-state index is 12.2. The minimum atomic E-state index is -0.565. The molecule has 0 heterocycles. The Morgan fingerprint density at radius 1 is 1.21 bits per heavy atom. The molecule has 0 aromatic heterocycles. The lowest BCUT2D eigenvalue weighted by Crippen LogP contribution is -2.42. The minimum Gasteiger partial charge on any atom is -0.390 e. The highest BCUT2D eigenvalue weighted by Gasteiger charge is 2.31. The van der Waals surface area contributed by atoms with Crippen molar-refractivity contribution in [2.45, 2.75) is 35.6 Å². The smallest absolute Gasteiger partial charge is 0.315 e. The number of benzene rings is 2. The number of urea groups is 1. The van der Waals surface area contributed by atoms with Crippen LogP contribution in [0.2, 0.25) is 0 Å². The molecule has 126 valence electrons. The first-order chi connectivity index (χ1) is 11.6. The molecule has 24 heavy (non-hydrogen) atoms. The standard InChI is InChI=1S/C19H22N2O2S/c1-13(24-15-8-3-2-4-9-15)12-20-19(23)21-18-16-10-6-5-7-14(16)11-17(18)22/h2-10,13,17-18,22H,11-12H2,1H3,(H2,20,21,23). The number of carbonyl (C=O) groups excluding carboxylic acids is 1. The molecule has 3 unspecified atom stereocenters. The zero-order valence-corrected chi connectivity index (χ0v) is 14.4. The van der Waals surface area contributed by atoms with Gasteiger partial charge in [-0.1, -0.05) is 49.4 Å². The van der Waals surface area contributed by atoms with Gasteiger partial charge in [-0.3, -0.25) is 0 Å². The van der Waals surface area contributed by atoms with Crippen molar-refractivity contribution in [2.24, 2.45) is 0 Å². The molecule has 5 heteroatoms. The zero-order valence-electron chi connectivity index (χ0n) is 13.6. The molecule has 4 nitrogen and oxygen atoms in total. The van der Waals surface area contributed by atoms with E-state index < -0.39 is 6.10 Å². The van der Waals surface area contributed by atoms with Crippen molar-refractivity contribution in [2.75, 3.05) is 6.54 Å². The number of aliphatic hydroxyl groups is 1. The van der Waals surface area contributed by atoms with E-state index >= 15 is 0 Å². The lowest BCUT2D eigenvalue weighted by Gasteiger charge is -2.19. The quantitative estimate of drug-likeness (QED) is 0.732. The van der Waals surface area contributed by atoms with E-state index in [0.717, 1.165) is 11.1 Å². The molecule has 0 bridgehead atoms. The lowest BCUT2D eigenvalue weighted by molar-refractivity contribution is 0.142. The molecule has 0 radical (unpaired) electrons. The number of hydrogen-bond acceptors (Lipinski definition) is 3. The third-order valence-electron chi connectivity index (χ3n) is 4.12. The Hall–Kier alpha value is -1.98. The van der Waals surface area contributed by atoms with E-state index in [1.54, 1.807) is 11.8 Å². The summed E-state index contributed by atoms with van der Waals surface area (Å²) in [6, 6.07) is 17.4. The Labute approximate surface area is 146 Å². The van der Waals surface area contributed by atoms with Crippen LogP contribution in [0.5, 0.6) is 0 Å². The largest absolute Gasteiger partial charge is 0.390 e. The van der Waals surface area contributed by atoms with Crippen LogP contribution in [-0.4, -0.2) is 29.0 Å². The van der Waals surface area contributed by atoms with Gasteiger partial charge in [-0.25, -0.2) is 4.79 Å². The maximum Gasteiger partial charge on any atom is 0.315 e. The summed E-state index contributed by atoms with van der Waals surface area (Å²) in [7, 11) is 0. The van der Waals surface area contributed by atoms with Gasteiger partial charge in [0.25, 0.3) is 0 Å². The van der Waals surface area contributed by atoms with Crippen LogP contribution < -0.4 is 10.6 Å². The molecular weight excluding hydrogens is 320 g/mol. The maximum atomic E-state index is 12.2. The van der Waals surface area contributed by atoms with E-state index in [-0.39, 0.29) is 17.3 Å². The molecule has 3 N–H and O–H groups in total. The van der Waals surface area contributed by atoms with Gasteiger partial charge < -0.3 is 15.7 Å². The van der Waals surface area contributed by atoms with Gasteiger partial charge in [-0.05, 0) is 23.3 Å². The van der Waals surface area contributed by atoms with Crippen molar-refractivity contribution in [3.63, 3.8) is 0 Å². The molecule has 2 amide bonds. The molecule has 3 rings (SSSR count). The second-order valence-electron chi connectivity index (χ2n) is 6.04. The predicted molar refractivity (Wildman–Crippen MR) is 97.2 cm³/mol. The highest BCUT2D eigenvalue weighted by atomic mass is 32.2. The zero-order chi connectivity index (χ0) is 16.9. The summed E-state index contributed by atoms with van der Waals surface area (Å²) in [6.07, 6.45) is 0.0192. The summed E-state index contributed by atoms with van der Waals surface area (Å²) >= 11 is 1.73. The van der Waals surface area contributed by atoms with E-state index in [9.17, 15) is 9.90 Å². The Kier molecular flexibility index (Phi) is 5.43. The molecule has 1 aliphatic carbocycles. The third kappa shape index (κ3) is 4.10. The summed E-state index contributed by atoms with van der Waals surface area (Å²) in [4.78, 5) is 13.4. The third-order valence-corrected chi connectivity index (χ3v) is 5.23. The van der Waals surface area contributed by atoms with Crippen LogP contribution in [0.3, 0.4) is 0 Å². The first-order valence-corrected chi connectivity index (χ1v) is 9.03. The van der Waals surface area contributed by atoms with E-state index in [4.69, 9.17) is 0 Å². The van der Waals surface area contributed by atoms with Crippen LogP contribution in [0.4, 0.5) is 4.79 Å². The molecular formula is C19H22N2O2S. The van der Waals surface area contributed by atoms with Crippen LogP contribution in [0.25, 0.3) is 0 Å². The molecule has 3 atom stereocenters. The van der Waals surface area contributed by atoms with E-state index in [1.807, 2.05) is 42.5 Å². The van der Waals surface area contributed by atoms with Gasteiger partial charge in [0.2, 0.25) is 0 Å². The number of thioether (sulfide) groups is 1. The first-order valence-electron chi connectivity index (χ1n) is 8.15. The average Bonchev–Trinajstić information content (AvgIpc) is 2.90. The fraction of sp³-hybridized carbons (Fsp3) is 0.316. The van der Waals surface area contributed by atoms with Crippen molar-refractivity contribution in [1.29, 1.82) is 0 Å². The minimum absolute atomic E-state index is 0.240. The highest BCUT2D eigenvalue weighted by molar-refractivity contribution is 8.00. The van der Waals surface area contributed by atoms with Gasteiger partial charge in [0, 0.05) is 23.1 Å². The summed E-state index contributed by atoms with van der Waals surface area (Å²) < 4.78 is 0. The summed E-state index contributed by atoms with van der Waals surface area (Å²) in [5.41, 5.74) is 2.11. The Morgan fingerprint density at radius 2 is 1.92 bits per heavy atom. The van der Waals surface area contributed by atoms with Crippen molar-refractivity contribution in [1.82, 2.24) is 10.6 Å². The normalized spacial score (nSPS) is 20.2. The number of amides is 2. The monoisotopic (exact) mass is 342 g/mol. The summed E-state index contributed by atoms with van der Waals surface area (Å²) in [6.45, 7) is 2.65. The van der Waals surface area contributed by atoms with Crippen molar-refractivity contribution in [3.8, 4) is 0 Å². The Balaban J connectivity index is 1.49. The van der Waals surface area contributed by atoms with Crippen LogP contribution in [-0.2, 0) is 6.42 Å². The second-order valence-corrected chi connectivity index (χ2v) is 7.56. The topological polar surface area (TPSA) is 61.4 Å². The van der Waals surface area contributed by atoms with Gasteiger partial charge in [0.15, 0.2) is 0 Å². The van der Waals surface area contributed by atoms with Crippen molar-refractivity contribution in [3.05, 3.63) is 65.7 Å². The van der Waals surface area contributed by atoms with E-state index in [2.05, 4.69) is 29.7 Å². The Morgan fingerprint density at radius 3 is 2.71 bits per heavy atom. The molecule has 0 spiro atoms. The van der Waals surface area contributed by atoms with Gasteiger partial charge in [-0.2, -0.15) is 0 Å². The molecule has 0 fully saturated rings. The number of rotatable bonds is 5. The fourth-order valence-electron chi connectivity index (χ4n) is 2.95. The van der Waals surface area contributed by atoms with Gasteiger partial charge in [0.1, 0.15) is 0 Å². The summed E-state index contributed by atoms with van der Waals surface area (Å²) in [5.74, 6) is 0. The van der Waals surface area contributed by atoms with E-state index in [1.165, 1.54) is 4.90 Å². The van der Waals surface area contributed by atoms with Crippen molar-refractivity contribution < 1.29 is 9.90 Å². The molecule has 0 saturated carbocycles. The van der Waals surface area contributed by atoms with E-state index in [0.29, 0.717) is 13.0 Å². The van der Waals surface area contributed by atoms with Gasteiger partial charge >= 0.3 is 6.03 Å². The molecule has 1 aliphatic rings. The second kappa shape index (κ2) is 7.73. The molecule has 2 aromatic rings. The highest BCUT2D eigenvalue weighted by Crippen LogP contribution is 2.31. The fourth-order valence-corrected chi connectivity index (χ4v) is 3.90. The average molecular weight is 342 g/mol. The first kappa shape index (κ1) is 16.9. The van der Waals surface area contributed by atoms with Crippen molar-refractivity contribution >= 4 is 17.8 Å². The predicted octanol–water partition coefficient (Wildman–Crippen LogP) is 3.12. The molecule has 2 aromatic carbocycles. The van der Waals surface area contributed by atoms with Gasteiger partial charge in [-0.15, -0.1) is 11.8 Å². The SMILES string of the molecule is CC(CNC(=O)NC1c2ccccc2CC1O)Sc1ccccc1. The number of carbonyl (C=O) groups is 1. The number of hydrogen-bond donors (Lipinski definition) is 3. The summed E-state index contributed by atoms with van der Waals surface area (Å²) in [5, 5.41) is 16.2. The number of aliphatic hydroxyl groups excluding tert-OH is 1. The van der Waals surface area contributed by atoms with Gasteiger partial charge in [0.05, 0.1) is 12.1 Å². The lowest BCUT2D eigenvalue weighted by atomic mass is 10.1. The number of nitrogens with one attached hydrogen (secondary N) is 2. The number of fused-ring (bicyclic) bond motifs is 1. The van der Waals surface area contributed by atoms with Crippen LogP contribution in [0.15, 0.2) is 59.5 Å². The molecule has 0 saturated heterocycles. The Bertz CT molecular complexity index is 693. The molecule has 0 aliphatic heterocycles. The van der Waals surface area contributed by atoms with Crippen LogP contribution in [0.1, 0.15) is 24.1 Å². The van der Waals surface area contributed by atoms with Crippen LogP contribution in [0, 0.1) is 0 Å². The van der Waals surface area contributed by atoms with Crippen LogP contribution >= 0.6 is 11.8 Å².